The van der Waals surface area contributed by atoms with Gasteiger partial charge in [0.25, 0.3) is 0 Å². The number of hydrogen-bond acceptors (Lipinski definition) is 4. The molecule has 0 aromatic heterocycles. The lowest BCUT2D eigenvalue weighted by molar-refractivity contribution is 0.415. The zero-order valence-electron chi connectivity index (χ0n) is 13.9. The molecular formula is C20H22N2OS. The Labute approximate surface area is 147 Å². The van der Waals surface area contributed by atoms with Crippen LogP contribution in [0, 0.1) is 5.92 Å². The van der Waals surface area contributed by atoms with Gasteiger partial charge in [0.2, 0.25) is 0 Å². The molecule has 3 nitrogen and oxygen atoms in total. The van der Waals surface area contributed by atoms with Gasteiger partial charge in [0.15, 0.2) is 5.17 Å². The first-order valence-corrected chi connectivity index (χ1v) is 9.46. The number of nitrogens with two attached hydrogens (primary N) is 1. The maximum Gasteiger partial charge on any atom is 0.154 e. The van der Waals surface area contributed by atoms with E-state index in [-0.39, 0.29) is 6.04 Å². The minimum atomic E-state index is 0.217. The number of rotatable bonds is 2. The number of aryl methyl sites for hydroxylation is 1. The minimum Gasteiger partial charge on any atom is -0.497 e. The minimum absolute atomic E-state index is 0.217. The molecule has 2 aliphatic rings. The molecule has 1 heterocycles. The Morgan fingerprint density at radius 2 is 2.04 bits per heavy atom. The molecule has 0 radical (unpaired) electrons. The van der Waals surface area contributed by atoms with Gasteiger partial charge in [0.05, 0.1) is 13.2 Å². The van der Waals surface area contributed by atoms with E-state index in [1.807, 2.05) is 12.1 Å². The van der Waals surface area contributed by atoms with E-state index in [9.17, 15) is 0 Å². The Morgan fingerprint density at radius 3 is 2.92 bits per heavy atom. The molecule has 0 bridgehead atoms. The first-order valence-electron chi connectivity index (χ1n) is 8.48. The van der Waals surface area contributed by atoms with Gasteiger partial charge in [0, 0.05) is 5.75 Å². The van der Waals surface area contributed by atoms with E-state index in [2.05, 4.69) is 30.3 Å². The Hall–Kier alpha value is -1.94. The lowest BCUT2D eigenvalue weighted by Crippen LogP contribution is -2.24. The van der Waals surface area contributed by atoms with Crippen molar-refractivity contribution in [2.24, 2.45) is 16.6 Å². The van der Waals surface area contributed by atoms with Gasteiger partial charge in [-0.3, -0.25) is 4.99 Å². The van der Waals surface area contributed by atoms with Crippen molar-refractivity contribution in [3.05, 3.63) is 53.6 Å². The molecule has 1 aliphatic heterocycles. The van der Waals surface area contributed by atoms with Crippen LogP contribution in [0.25, 0.3) is 11.1 Å². The molecule has 2 aromatic rings. The summed E-state index contributed by atoms with van der Waals surface area (Å²) in [5.74, 6) is 2.57. The molecule has 4 heteroatoms. The van der Waals surface area contributed by atoms with Crippen LogP contribution < -0.4 is 10.5 Å². The number of fused-ring (bicyclic) bond motifs is 3. The van der Waals surface area contributed by atoms with Gasteiger partial charge in [-0.15, -0.1) is 0 Å². The SMILES string of the molecule is COc1cccc(-c2ccc3c(c2)C2N=C(N)SCC2CCC3)c1. The lowest BCUT2D eigenvalue weighted by Gasteiger charge is -2.27. The Balaban J connectivity index is 1.79. The van der Waals surface area contributed by atoms with Crippen molar-refractivity contribution >= 4 is 16.9 Å². The van der Waals surface area contributed by atoms with Crippen molar-refractivity contribution in [1.82, 2.24) is 0 Å². The number of ether oxygens (including phenoxy) is 1. The highest BCUT2D eigenvalue weighted by Gasteiger charge is 2.31. The maximum atomic E-state index is 6.03. The van der Waals surface area contributed by atoms with Crippen molar-refractivity contribution < 1.29 is 4.74 Å². The number of thioether (sulfide) groups is 1. The summed E-state index contributed by atoms with van der Waals surface area (Å²) in [5.41, 5.74) is 11.2. The summed E-state index contributed by atoms with van der Waals surface area (Å²) in [6.07, 6.45) is 3.61. The third-order valence-electron chi connectivity index (χ3n) is 5.05. The lowest BCUT2D eigenvalue weighted by atomic mass is 9.90. The molecule has 0 amide bonds. The highest BCUT2D eigenvalue weighted by Crippen LogP contribution is 2.42. The molecule has 124 valence electrons. The molecule has 0 saturated carbocycles. The molecule has 1 aliphatic carbocycles. The Bertz CT molecular complexity index is 787. The first-order chi connectivity index (χ1) is 11.7. The van der Waals surface area contributed by atoms with Crippen molar-refractivity contribution in [2.75, 3.05) is 12.9 Å². The van der Waals surface area contributed by atoms with Crippen LogP contribution in [0.3, 0.4) is 0 Å². The number of hydrogen-bond donors (Lipinski definition) is 1. The Morgan fingerprint density at radius 1 is 1.17 bits per heavy atom. The van der Waals surface area contributed by atoms with Crippen LogP contribution in [-0.2, 0) is 6.42 Å². The fraction of sp³-hybridized carbons (Fsp3) is 0.350. The number of aliphatic imine (C=N–C) groups is 1. The molecule has 0 fully saturated rings. The number of benzene rings is 2. The van der Waals surface area contributed by atoms with Crippen LogP contribution in [0.2, 0.25) is 0 Å². The maximum absolute atomic E-state index is 6.03. The van der Waals surface area contributed by atoms with Crippen LogP contribution in [-0.4, -0.2) is 18.0 Å². The van der Waals surface area contributed by atoms with E-state index in [0.29, 0.717) is 5.92 Å². The van der Waals surface area contributed by atoms with Crippen LogP contribution in [0.4, 0.5) is 0 Å². The van der Waals surface area contributed by atoms with Crippen molar-refractivity contribution in [2.45, 2.75) is 25.3 Å². The summed E-state index contributed by atoms with van der Waals surface area (Å²) in [5, 5.41) is 0.732. The summed E-state index contributed by atoms with van der Waals surface area (Å²) >= 11 is 1.70. The van der Waals surface area contributed by atoms with Gasteiger partial charge in [-0.25, -0.2) is 0 Å². The molecule has 2 aromatic carbocycles. The first kappa shape index (κ1) is 15.6. The molecular weight excluding hydrogens is 316 g/mol. The average molecular weight is 338 g/mol. The van der Waals surface area contributed by atoms with Gasteiger partial charge in [-0.2, -0.15) is 0 Å². The normalized spacial score (nSPS) is 22.8. The molecule has 0 saturated heterocycles. The van der Waals surface area contributed by atoms with Gasteiger partial charge >= 0.3 is 0 Å². The largest absolute Gasteiger partial charge is 0.497 e. The van der Waals surface area contributed by atoms with Crippen LogP contribution in [0.5, 0.6) is 5.75 Å². The van der Waals surface area contributed by atoms with E-state index in [0.717, 1.165) is 23.1 Å². The van der Waals surface area contributed by atoms with E-state index < -0.39 is 0 Å². The summed E-state index contributed by atoms with van der Waals surface area (Å²) in [7, 11) is 1.71. The molecule has 4 rings (SSSR count). The second-order valence-electron chi connectivity index (χ2n) is 6.52. The van der Waals surface area contributed by atoms with E-state index in [1.165, 1.54) is 35.1 Å². The summed E-state index contributed by atoms with van der Waals surface area (Å²) in [6, 6.07) is 15.3. The van der Waals surface area contributed by atoms with Crippen molar-refractivity contribution in [3.8, 4) is 16.9 Å². The van der Waals surface area contributed by atoms with Crippen LogP contribution >= 0.6 is 11.8 Å². The Kier molecular flexibility index (Phi) is 4.23. The van der Waals surface area contributed by atoms with Crippen molar-refractivity contribution in [3.63, 3.8) is 0 Å². The van der Waals surface area contributed by atoms with Gasteiger partial charge < -0.3 is 10.5 Å². The summed E-state index contributed by atoms with van der Waals surface area (Å²) < 4.78 is 5.37. The zero-order chi connectivity index (χ0) is 16.5. The van der Waals surface area contributed by atoms with Crippen LogP contribution in [0.15, 0.2) is 47.5 Å². The fourth-order valence-electron chi connectivity index (χ4n) is 3.76. The third kappa shape index (κ3) is 2.91. The molecule has 2 atom stereocenters. The number of methoxy groups -OCH3 is 1. The number of nitrogens with zero attached hydrogens (tertiary/aromatic N) is 1. The van der Waals surface area contributed by atoms with E-state index in [4.69, 9.17) is 15.5 Å². The highest BCUT2D eigenvalue weighted by atomic mass is 32.2. The summed E-state index contributed by atoms with van der Waals surface area (Å²) in [4.78, 5) is 4.81. The van der Waals surface area contributed by atoms with Crippen molar-refractivity contribution in [1.29, 1.82) is 0 Å². The quantitative estimate of drug-likeness (QED) is 0.882. The standard InChI is InChI=1S/C20H22N2OS/c1-23-17-7-3-5-14(10-17)15-9-8-13-4-2-6-16-12-24-20(21)22-19(16)18(13)11-15/h3,5,7-11,16,19H,2,4,6,12H2,1H3,(H2,21,22). The summed E-state index contributed by atoms with van der Waals surface area (Å²) in [6.45, 7) is 0. The van der Waals surface area contributed by atoms with Crippen LogP contribution in [0.1, 0.15) is 30.0 Å². The second-order valence-corrected chi connectivity index (χ2v) is 7.56. The van der Waals surface area contributed by atoms with Gasteiger partial charge in [0.1, 0.15) is 5.75 Å². The molecule has 2 unspecified atom stereocenters. The molecule has 2 N–H and O–H groups in total. The molecule has 24 heavy (non-hydrogen) atoms. The number of amidine groups is 1. The van der Waals surface area contributed by atoms with Gasteiger partial charge in [-0.1, -0.05) is 36.0 Å². The fourth-order valence-corrected chi connectivity index (χ4v) is 4.68. The molecule has 0 spiro atoms. The smallest absolute Gasteiger partial charge is 0.154 e. The monoisotopic (exact) mass is 338 g/mol. The second kappa shape index (κ2) is 6.52. The van der Waals surface area contributed by atoms with E-state index in [1.54, 1.807) is 18.9 Å². The predicted molar refractivity (Wildman–Crippen MR) is 102 cm³/mol. The topological polar surface area (TPSA) is 47.6 Å². The predicted octanol–water partition coefficient (Wildman–Crippen LogP) is 4.42. The zero-order valence-corrected chi connectivity index (χ0v) is 14.7. The van der Waals surface area contributed by atoms with Gasteiger partial charge in [-0.05, 0) is 65.6 Å². The average Bonchev–Trinajstić information content (AvgIpc) is 2.80. The highest BCUT2D eigenvalue weighted by molar-refractivity contribution is 8.13. The van der Waals surface area contributed by atoms with E-state index >= 15 is 0 Å². The third-order valence-corrected chi connectivity index (χ3v) is 6.04.